The van der Waals surface area contributed by atoms with E-state index in [2.05, 4.69) is 51.7 Å². The second kappa shape index (κ2) is 16.0. The fourth-order valence-corrected chi connectivity index (χ4v) is 2.92. The predicted octanol–water partition coefficient (Wildman–Crippen LogP) is 3.01. The van der Waals surface area contributed by atoms with Gasteiger partial charge in [0.25, 0.3) is 0 Å². The van der Waals surface area contributed by atoms with E-state index in [0.717, 1.165) is 78.0 Å². The van der Waals surface area contributed by atoms with Crippen LogP contribution in [0.5, 0.6) is 0 Å². The van der Waals surface area contributed by atoms with Crippen LogP contribution in [0.4, 0.5) is 0 Å². The Morgan fingerprint density at radius 1 is 1.07 bits per heavy atom. The fraction of sp³-hybridized carbons (Fsp3) is 0.667. The van der Waals surface area contributed by atoms with Crippen LogP contribution in [0.2, 0.25) is 0 Å². The van der Waals surface area contributed by atoms with E-state index in [1.807, 2.05) is 0 Å². The Labute approximate surface area is 187 Å². The van der Waals surface area contributed by atoms with Crippen molar-refractivity contribution in [2.75, 3.05) is 53.1 Å². The number of hydrogen-bond acceptors (Lipinski definition) is 4. The van der Waals surface area contributed by atoms with E-state index in [1.165, 1.54) is 17.5 Å². The third kappa shape index (κ3) is 10.6. The van der Waals surface area contributed by atoms with Crippen molar-refractivity contribution in [3.8, 4) is 0 Å². The van der Waals surface area contributed by atoms with Crippen LogP contribution in [0.25, 0.3) is 0 Å². The predicted molar refractivity (Wildman–Crippen MR) is 126 cm³/mol. The fourth-order valence-electron chi connectivity index (χ4n) is 2.92. The number of benzene rings is 1. The smallest absolute Gasteiger partial charge is 0.191 e. The maximum Gasteiger partial charge on any atom is 0.191 e. The zero-order chi connectivity index (χ0) is 19.2. The Kier molecular flexibility index (Phi) is 14.3. The van der Waals surface area contributed by atoms with E-state index >= 15 is 0 Å². The van der Waals surface area contributed by atoms with Crippen LogP contribution in [0.1, 0.15) is 37.3 Å². The number of aliphatic imine (C=N–C) groups is 1. The Morgan fingerprint density at radius 2 is 1.75 bits per heavy atom. The van der Waals surface area contributed by atoms with Crippen molar-refractivity contribution in [3.63, 3.8) is 0 Å². The van der Waals surface area contributed by atoms with E-state index < -0.39 is 0 Å². The quantitative estimate of drug-likeness (QED) is 0.210. The molecule has 2 rings (SSSR count). The molecule has 0 radical (unpaired) electrons. The number of ether oxygens (including phenoxy) is 2. The summed E-state index contributed by atoms with van der Waals surface area (Å²) in [5.41, 5.74) is 2.61. The van der Waals surface area contributed by atoms with Crippen molar-refractivity contribution in [2.24, 2.45) is 4.99 Å². The molecule has 1 heterocycles. The largest absolute Gasteiger partial charge is 0.381 e. The number of morpholine rings is 1. The second-order valence-corrected chi connectivity index (χ2v) is 6.88. The van der Waals surface area contributed by atoms with Gasteiger partial charge in [-0.25, -0.2) is 0 Å². The molecule has 0 saturated carbocycles. The third-order valence-electron chi connectivity index (χ3n) is 4.62. The van der Waals surface area contributed by atoms with Gasteiger partial charge in [0.2, 0.25) is 0 Å². The first-order chi connectivity index (χ1) is 13.3. The van der Waals surface area contributed by atoms with E-state index in [9.17, 15) is 0 Å². The van der Waals surface area contributed by atoms with Crippen molar-refractivity contribution in [2.45, 2.75) is 39.3 Å². The van der Waals surface area contributed by atoms with E-state index in [0.29, 0.717) is 0 Å². The molecule has 6 nitrogen and oxygen atoms in total. The van der Waals surface area contributed by atoms with Crippen LogP contribution in [-0.2, 0) is 22.6 Å². The summed E-state index contributed by atoms with van der Waals surface area (Å²) in [7, 11) is 1.80. The molecule has 160 valence electrons. The van der Waals surface area contributed by atoms with Gasteiger partial charge in [0.05, 0.1) is 13.2 Å². The molecular weight excluding hydrogens is 467 g/mol. The van der Waals surface area contributed by atoms with E-state index in [4.69, 9.17) is 9.47 Å². The lowest BCUT2D eigenvalue weighted by Gasteiger charge is -2.26. The number of guanidine groups is 1. The molecule has 0 atom stereocenters. The molecule has 1 aromatic rings. The maximum atomic E-state index is 5.57. The molecule has 1 fully saturated rings. The Morgan fingerprint density at radius 3 is 2.43 bits per heavy atom. The molecule has 0 aliphatic carbocycles. The molecule has 0 bridgehead atoms. The van der Waals surface area contributed by atoms with Gasteiger partial charge in [0, 0.05) is 53.0 Å². The van der Waals surface area contributed by atoms with Crippen molar-refractivity contribution in [1.82, 2.24) is 15.5 Å². The lowest BCUT2D eigenvalue weighted by molar-refractivity contribution is 0.0342. The van der Waals surface area contributed by atoms with Crippen molar-refractivity contribution in [1.29, 1.82) is 0 Å². The highest BCUT2D eigenvalue weighted by Gasteiger charge is 2.10. The van der Waals surface area contributed by atoms with Gasteiger partial charge in [-0.1, -0.05) is 37.6 Å². The van der Waals surface area contributed by atoms with Gasteiger partial charge in [-0.3, -0.25) is 9.89 Å². The van der Waals surface area contributed by atoms with Gasteiger partial charge in [-0.2, -0.15) is 0 Å². The Balaban J connectivity index is 0.00000392. The highest BCUT2D eigenvalue weighted by Crippen LogP contribution is 2.09. The minimum atomic E-state index is 0. The third-order valence-corrected chi connectivity index (χ3v) is 4.62. The first-order valence-corrected chi connectivity index (χ1v) is 10.2. The van der Waals surface area contributed by atoms with Crippen molar-refractivity contribution < 1.29 is 9.47 Å². The highest BCUT2D eigenvalue weighted by atomic mass is 127. The van der Waals surface area contributed by atoms with Crippen LogP contribution >= 0.6 is 24.0 Å². The number of rotatable bonds is 11. The molecule has 2 N–H and O–H groups in total. The number of halogens is 1. The molecule has 28 heavy (non-hydrogen) atoms. The minimum Gasteiger partial charge on any atom is -0.381 e. The summed E-state index contributed by atoms with van der Waals surface area (Å²) in [5, 5.41) is 6.71. The molecule has 1 aliphatic heterocycles. The highest BCUT2D eigenvalue weighted by molar-refractivity contribution is 14.0. The normalized spacial score (nSPS) is 15.1. The van der Waals surface area contributed by atoms with Crippen LogP contribution in [0.15, 0.2) is 29.3 Å². The lowest BCUT2D eigenvalue weighted by atomic mass is 10.1. The van der Waals surface area contributed by atoms with E-state index in [-0.39, 0.29) is 24.0 Å². The van der Waals surface area contributed by atoms with Gasteiger partial charge >= 0.3 is 0 Å². The zero-order valence-electron chi connectivity index (χ0n) is 17.4. The van der Waals surface area contributed by atoms with Crippen molar-refractivity contribution in [3.05, 3.63) is 35.4 Å². The lowest BCUT2D eigenvalue weighted by Crippen LogP contribution is -2.37. The Hall–Kier alpha value is -0.900. The van der Waals surface area contributed by atoms with Gasteiger partial charge in [-0.05, 0) is 24.0 Å². The van der Waals surface area contributed by atoms with Gasteiger partial charge in [-0.15, -0.1) is 24.0 Å². The first kappa shape index (κ1) is 25.1. The summed E-state index contributed by atoms with van der Waals surface area (Å²) in [4.78, 5) is 6.72. The molecular formula is C21H37IN4O2. The number of unbranched alkanes of at least 4 members (excludes halogenated alkanes) is 1. The SMILES string of the molecule is CCCCOCCCNC(=NC)NCc1ccc(CN2CCOCC2)cc1.I. The topological polar surface area (TPSA) is 58.1 Å². The van der Waals surface area contributed by atoms with Crippen LogP contribution < -0.4 is 10.6 Å². The van der Waals surface area contributed by atoms with Crippen LogP contribution in [0.3, 0.4) is 0 Å². The molecule has 0 aromatic heterocycles. The van der Waals surface area contributed by atoms with E-state index in [1.54, 1.807) is 7.05 Å². The molecule has 1 aliphatic rings. The molecule has 0 unspecified atom stereocenters. The van der Waals surface area contributed by atoms with Crippen LogP contribution in [0, 0.1) is 0 Å². The summed E-state index contributed by atoms with van der Waals surface area (Å²) < 4.78 is 11.0. The first-order valence-electron chi connectivity index (χ1n) is 10.2. The van der Waals surface area contributed by atoms with Crippen molar-refractivity contribution >= 4 is 29.9 Å². The Bertz CT molecular complexity index is 534. The molecule has 7 heteroatoms. The standard InChI is InChI=1S/C21H36N4O2.HI/c1-3-4-13-26-14-5-10-23-21(22-2)24-17-19-6-8-20(9-7-19)18-25-11-15-27-16-12-25;/h6-9H,3-5,10-18H2,1-2H3,(H2,22,23,24);1H. The summed E-state index contributed by atoms with van der Waals surface area (Å²) in [5.74, 6) is 0.834. The zero-order valence-corrected chi connectivity index (χ0v) is 19.7. The maximum absolute atomic E-state index is 5.57. The summed E-state index contributed by atoms with van der Waals surface area (Å²) in [6.07, 6.45) is 3.31. The summed E-state index contributed by atoms with van der Waals surface area (Å²) >= 11 is 0. The van der Waals surface area contributed by atoms with Crippen LogP contribution in [-0.4, -0.2) is 64.0 Å². The number of hydrogen-bond donors (Lipinski definition) is 2. The second-order valence-electron chi connectivity index (χ2n) is 6.88. The minimum absolute atomic E-state index is 0. The summed E-state index contributed by atoms with van der Waals surface area (Å²) in [6.45, 7) is 10.2. The van der Waals surface area contributed by atoms with Gasteiger partial charge in [0.1, 0.15) is 0 Å². The average molecular weight is 504 g/mol. The van der Waals surface area contributed by atoms with Gasteiger partial charge in [0.15, 0.2) is 5.96 Å². The summed E-state index contributed by atoms with van der Waals surface area (Å²) in [6, 6.07) is 8.82. The molecule has 0 amide bonds. The molecule has 0 spiro atoms. The number of nitrogens with one attached hydrogen (secondary N) is 2. The van der Waals surface area contributed by atoms with Gasteiger partial charge < -0.3 is 20.1 Å². The molecule has 1 aromatic carbocycles. The number of nitrogens with zero attached hydrogens (tertiary/aromatic N) is 2. The monoisotopic (exact) mass is 504 g/mol. The molecule has 1 saturated heterocycles. The average Bonchev–Trinajstić information content (AvgIpc) is 2.71.